The van der Waals surface area contributed by atoms with Gasteiger partial charge in [-0.3, -0.25) is 4.99 Å². The monoisotopic (exact) mass is 352 g/mol. The molecule has 1 saturated heterocycles. The number of halogens is 1. The van der Waals surface area contributed by atoms with Gasteiger partial charge in [0.1, 0.15) is 17.5 Å². The topological polar surface area (TPSA) is 30.9 Å². The maximum Gasteiger partial charge on any atom is 0.131 e. The average molecular weight is 352 g/mol. The molecule has 26 heavy (non-hydrogen) atoms. The molecular formula is C21H25FN4. The van der Waals surface area contributed by atoms with Crippen molar-refractivity contribution in [3.05, 3.63) is 65.9 Å². The summed E-state index contributed by atoms with van der Waals surface area (Å²) in [4.78, 5) is 9.32. The Labute approximate surface area is 154 Å². The Morgan fingerprint density at radius 1 is 1.35 bits per heavy atom. The Kier molecular flexibility index (Phi) is 4.64. The molecule has 0 radical (unpaired) electrons. The molecule has 3 aliphatic rings. The first kappa shape index (κ1) is 17.0. The van der Waals surface area contributed by atoms with E-state index in [1.807, 2.05) is 36.4 Å². The summed E-state index contributed by atoms with van der Waals surface area (Å²) < 4.78 is 14.6. The van der Waals surface area contributed by atoms with Crippen LogP contribution in [0, 0.1) is 5.82 Å². The fourth-order valence-electron chi connectivity index (χ4n) is 3.93. The van der Waals surface area contributed by atoms with Crippen LogP contribution in [-0.4, -0.2) is 48.4 Å². The van der Waals surface area contributed by atoms with E-state index < -0.39 is 0 Å². The summed E-state index contributed by atoms with van der Waals surface area (Å²) in [5, 5.41) is 3.39. The van der Waals surface area contributed by atoms with Crippen LogP contribution < -0.4 is 5.32 Å². The molecular weight excluding hydrogens is 327 g/mol. The molecule has 4 rings (SSSR count). The Bertz CT molecular complexity index is 808. The van der Waals surface area contributed by atoms with Gasteiger partial charge in [0, 0.05) is 37.5 Å². The lowest BCUT2D eigenvalue weighted by atomic mass is 9.99. The first-order valence-electron chi connectivity index (χ1n) is 9.28. The van der Waals surface area contributed by atoms with E-state index in [2.05, 4.69) is 16.8 Å². The molecule has 1 N–H and O–H groups in total. The zero-order valence-electron chi connectivity index (χ0n) is 15.2. The Hall–Kier alpha value is -2.40. The highest BCUT2D eigenvalue weighted by Crippen LogP contribution is 2.27. The predicted octanol–water partition coefficient (Wildman–Crippen LogP) is 3.15. The van der Waals surface area contributed by atoms with Crippen molar-refractivity contribution >= 4 is 11.4 Å². The SMILES string of the molecule is C=C/C1=C2/NC(=NC3CCN(CCCc4ccc(F)c1c4)C3)C=CN2C. The minimum atomic E-state index is -0.227. The van der Waals surface area contributed by atoms with Crippen molar-refractivity contribution in [2.24, 2.45) is 4.99 Å². The molecule has 1 fully saturated rings. The second-order valence-electron chi connectivity index (χ2n) is 7.19. The van der Waals surface area contributed by atoms with Gasteiger partial charge in [-0.05, 0) is 49.6 Å². The van der Waals surface area contributed by atoms with Crippen molar-refractivity contribution in [2.75, 3.05) is 26.7 Å². The number of hydrogen-bond acceptors (Lipinski definition) is 4. The smallest absolute Gasteiger partial charge is 0.131 e. The highest BCUT2D eigenvalue weighted by molar-refractivity contribution is 5.97. The van der Waals surface area contributed by atoms with Gasteiger partial charge in [-0.1, -0.05) is 18.7 Å². The van der Waals surface area contributed by atoms with Crippen molar-refractivity contribution < 1.29 is 4.39 Å². The van der Waals surface area contributed by atoms with Gasteiger partial charge in [-0.25, -0.2) is 4.39 Å². The molecule has 1 aromatic carbocycles. The highest BCUT2D eigenvalue weighted by atomic mass is 19.1. The van der Waals surface area contributed by atoms with Crippen LogP contribution in [0.25, 0.3) is 5.57 Å². The fraction of sp³-hybridized carbons (Fsp3) is 0.381. The van der Waals surface area contributed by atoms with E-state index in [9.17, 15) is 4.39 Å². The van der Waals surface area contributed by atoms with Crippen molar-refractivity contribution in [3.63, 3.8) is 0 Å². The number of aliphatic imine (C=N–C) groups is 1. The predicted molar refractivity (Wildman–Crippen MR) is 104 cm³/mol. The number of nitrogens with zero attached hydrogens (tertiary/aromatic N) is 3. The lowest BCUT2D eigenvalue weighted by Crippen LogP contribution is -2.36. The number of nitrogens with one attached hydrogen (secondary N) is 1. The van der Waals surface area contributed by atoms with Gasteiger partial charge in [-0.2, -0.15) is 0 Å². The van der Waals surface area contributed by atoms with E-state index >= 15 is 0 Å². The van der Waals surface area contributed by atoms with Crippen LogP contribution in [0.1, 0.15) is 24.0 Å². The summed E-state index contributed by atoms with van der Waals surface area (Å²) >= 11 is 0. The lowest BCUT2D eigenvalue weighted by Gasteiger charge is -2.28. The summed E-state index contributed by atoms with van der Waals surface area (Å²) in [7, 11) is 1.95. The number of fused-ring (bicyclic) bond motifs is 6. The molecule has 0 saturated carbocycles. The van der Waals surface area contributed by atoms with Gasteiger partial charge >= 0.3 is 0 Å². The summed E-state index contributed by atoms with van der Waals surface area (Å²) in [5.74, 6) is 1.41. The molecule has 136 valence electrons. The number of aryl methyl sites for hydroxylation is 1. The first-order valence-corrected chi connectivity index (χ1v) is 9.28. The summed E-state index contributed by atoms with van der Waals surface area (Å²) in [6.45, 7) is 7.11. The first-order chi connectivity index (χ1) is 12.6. The van der Waals surface area contributed by atoms with Crippen LogP contribution in [-0.2, 0) is 6.42 Å². The number of allylic oxidation sites excluding steroid dienone is 2. The zero-order valence-corrected chi connectivity index (χ0v) is 15.2. The molecule has 4 nitrogen and oxygen atoms in total. The van der Waals surface area contributed by atoms with E-state index in [0.29, 0.717) is 11.6 Å². The molecule has 0 spiro atoms. The van der Waals surface area contributed by atoms with Crippen LogP contribution >= 0.6 is 0 Å². The third-order valence-electron chi connectivity index (χ3n) is 5.34. The van der Waals surface area contributed by atoms with Crippen LogP contribution in [0.3, 0.4) is 0 Å². The molecule has 0 aromatic heterocycles. The molecule has 6 bridgehead atoms. The van der Waals surface area contributed by atoms with Gasteiger partial charge in [0.2, 0.25) is 0 Å². The Morgan fingerprint density at radius 2 is 2.23 bits per heavy atom. The van der Waals surface area contributed by atoms with E-state index in [0.717, 1.165) is 61.7 Å². The van der Waals surface area contributed by atoms with Gasteiger partial charge in [0.05, 0.1) is 6.04 Å². The third-order valence-corrected chi connectivity index (χ3v) is 5.34. The van der Waals surface area contributed by atoms with Crippen LogP contribution in [0.2, 0.25) is 0 Å². The van der Waals surface area contributed by atoms with Crippen molar-refractivity contribution in [1.29, 1.82) is 0 Å². The quantitative estimate of drug-likeness (QED) is 0.842. The minimum Gasteiger partial charge on any atom is -0.337 e. The third kappa shape index (κ3) is 3.31. The molecule has 2 atom stereocenters. The maximum absolute atomic E-state index is 14.6. The summed E-state index contributed by atoms with van der Waals surface area (Å²) in [6.07, 6.45) is 8.78. The molecule has 3 aliphatic heterocycles. The lowest BCUT2D eigenvalue weighted by molar-refractivity contribution is 0.330. The second kappa shape index (κ2) is 7.08. The average Bonchev–Trinajstić information content (AvgIpc) is 3.07. The van der Waals surface area contributed by atoms with Crippen molar-refractivity contribution in [2.45, 2.75) is 25.3 Å². The van der Waals surface area contributed by atoms with E-state index in [1.165, 1.54) is 0 Å². The number of amidine groups is 1. The van der Waals surface area contributed by atoms with E-state index in [4.69, 9.17) is 4.99 Å². The number of hydrogen-bond donors (Lipinski definition) is 1. The van der Waals surface area contributed by atoms with Gasteiger partial charge in [-0.15, -0.1) is 0 Å². The second-order valence-corrected chi connectivity index (χ2v) is 7.19. The number of rotatable bonds is 1. The molecule has 1 aromatic rings. The summed E-state index contributed by atoms with van der Waals surface area (Å²) in [5.41, 5.74) is 2.51. The zero-order chi connectivity index (χ0) is 18.1. The number of benzene rings is 1. The van der Waals surface area contributed by atoms with Gasteiger partial charge in [0.25, 0.3) is 0 Å². The summed E-state index contributed by atoms with van der Waals surface area (Å²) in [6, 6.07) is 5.74. The fourth-order valence-corrected chi connectivity index (χ4v) is 3.93. The van der Waals surface area contributed by atoms with Crippen LogP contribution in [0.15, 0.2) is 53.9 Å². The molecule has 0 aliphatic carbocycles. The molecule has 3 heterocycles. The van der Waals surface area contributed by atoms with Crippen LogP contribution in [0.4, 0.5) is 4.39 Å². The Morgan fingerprint density at radius 3 is 3.08 bits per heavy atom. The normalized spacial score (nSPS) is 28.2. The molecule has 5 heteroatoms. The van der Waals surface area contributed by atoms with E-state index in [1.54, 1.807) is 12.1 Å². The van der Waals surface area contributed by atoms with Gasteiger partial charge < -0.3 is 15.1 Å². The van der Waals surface area contributed by atoms with E-state index in [-0.39, 0.29) is 5.82 Å². The molecule has 0 amide bonds. The molecule has 2 unspecified atom stereocenters. The minimum absolute atomic E-state index is 0.227. The Balaban J connectivity index is 1.84. The highest BCUT2D eigenvalue weighted by Gasteiger charge is 2.24. The largest absolute Gasteiger partial charge is 0.337 e. The van der Waals surface area contributed by atoms with Crippen LogP contribution in [0.5, 0.6) is 0 Å². The van der Waals surface area contributed by atoms with Crippen molar-refractivity contribution in [1.82, 2.24) is 15.1 Å². The van der Waals surface area contributed by atoms with Crippen molar-refractivity contribution in [3.8, 4) is 0 Å². The standard InChI is InChI=1S/C21H25FN4/c1-3-17-18-13-15(6-7-19(18)22)5-4-10-26-12-8-16(14-26)23-20-9-11-25(2)21(17)24-20/h3,6-7,9,11,13,16H,1,4-5,8,10,12,14H2,2H3,(H,23,24)/b21-17+. The van der Waals surface area contributed by atoms with Gasteiger partial charge in [0.15, 0.2) is 0 Å². The maximum atomic E-state index is 14.6.